The predicted molar refractivity (Wildman–Crippen MR) is 87.7 cm³/mol. The molecule has 19 heavy (non-hydrogen) atoms. The van der Waals surface area contributed by atoms with Gasteiger partial charge in [-0.15, -0.1) is 0 Å². The summed E-state index contributed by atoms with van der Waals surface area (Å²) in [7, 11) is 2.02. The second-order valence-electron chi connectivity index (χ2n) is 5.13. The molecule has 0 spiro atoms. The molecule has 0 amide bonds. The molecule has 0 saturated heterocycles. The molecular weight excluding hydrogens is 297 g/mol. The lowest BCUT2D eigenvalue weighted by Gasteiger charge is -2.19. The smallest absolute Gasteiger partial charge is 0.0453 e. The lowest BCUT2D eigenvalue weighted by Crippen LogP contribution is -2.31. The fraction of sp³-hybridized carbons (Fsp3) is 0.600. The van der Waals surface area contributed by atoms with Gasteiger partial charge in [0, 0.05) is 27.1 Å². The molecule has 0 aliphatic heterocycles. The number of benzene rings is 1. The average molecular weight is 318 g/mol. The minimum absolute atomic E-state index is 0.433. The summed E-state index contributed by atoms with van der Waals surface area (Å²) in [6.45, 7) is 0. The van der Waals surface area contributed by atoms with Crippen LogP contribution in [0.3, 0.4) is 0 Å². The Kier molecular flexibility index (Phi) is 6.34. The van der Waals surface area contributed by atoms with Gasteiger partial charge in [-0.25, -0.2) is 0 Å². The molecule has 1 aliphatic carbocycles. The van der Waals surface area contributed by atoms with Crippen LogP contribution in [0.25, 0.3) is 0 Å². The van der Waals surface area contributed by atoms with E-state index in [0.29, 0.717) is 6.04 Å². The molecule has 2 rings (SSSR count). The van der Waals surface area contributed by atoms with E-state index in [4.69, 9.17) is 23.2 Å². The molecule has 1 atom stereocenters. The van der Waals surface area contributed by atoms with E-state index in [1.807, 2.05) is 25.2 Å². The topological polar surface area (TPSA) is 12.0 Å². The van der Waals surface area contributed by atoms with Gasteiger partial charge >= 0.3 is 0 Å². The second-order valence-corrected chi connectivity index (χ2v) is 7.28. The van der Waals surface area contributed by atoms with Crippen LogP contribution in [0.5, 0.6) is 0 Å². The van der Waals surface area contributed by atoms with Gasteiger partial charge in [0.1, 0.15) is 0 Å². The van der Waals surface area contributed by atoms with Crippen molar-refractivity contribution in [3.63, 3.8) is 0 Å². The average Bonchev–Trinajstić information content (AvgIpc) is 2.91. The Morgan fingerprint density at radius 3 is 2.47 bits per heavy atom. The van der Waals surface area contributed by atoms with Crippen molar-refractivity contribution in [3.8, 4) is 0 Å². The third-order valence-electron chi connectivity index (χ3n) is 3.76. The van der Waals surface area contributed by atoms with Crippen LogP contribution in [0.1, 0.15) is 31.2 Å². The molecule has 1 aromatic carbocycles. The summed E-state index contributed by atoms with van der Waals surface area (Å²) in [6.07, 6.45) is 6.47. The molecule has 0 radical (unpaired) electrons. The minimum atomic E-state index is 0.433. The molecule has 1 unspecified atom stereocenters. The third kappa shape index (κ3) is 4.56. The first kappa shape index (κ1) is 15.5. The fourth-order valence-corrected chi connectivity index (χ4v) is 4.53. The maximum Gasteiger partial charge on any atom is 0.0453 e. The number of hydrogen-bond donors (Lipinski definition) is 1. The third-order valence-corrected chi connectivity index (χ3v) is 6.00. The predicted octanol–water partition coefficient (Wildman–Crippen LogP) is 4.80. The Bertz CT molecular complexity index is 385. The highest BCUT2D eigenvalue weighted by molar-refractivity contribution is 7.99. The van der Waals surface area contributed by atoms with Crippen molar-refractivity contribution >= 4 is 35.0 Å². The van der Waals surface area contributed by atoms with Crippen molar-refractivity contribution < 1.29 is 0 Å². The Balaban J connectivity index is 1.90. The van der Waals surface area contributed by atoms with E-state index in [2.05, 4.69) is 17.1 Å². The van der Waals surface area contributed by atoms with Crippen molar-refractivity contribution in [2.24, 2.45) is 0 Å². The van der Waals surface area contributed by atoms with Gasteiger partial charge in [-0.1, -0.05) is 42.1 Å². The molecule has 4 heteroatoms. The van der Waals surface area contributed by atoms with Crippen LogP contribution < -0.4 is 5.32 Å². The summed E-state index contributed by atoms with van der Waals surface area (Å²) in [6, 6.07) is 6.16. The molecule has 1 N–H and O–H groups in total. The number of rotatable bonds is 6. The van der Waals surface area contributed by atoms with Gasteiger partial charge in [0.2, 0.25) is 0 Å². The standard InChI is InChI=1S/C15H21Cl2NS/c1-18-11(10-19-12-5-2-3-6-12)9-13-14(16)7-4-8-15(13)17/h4,7-8,11-12,18H,2-3,5-6,9-10H2,1H3. The maximum absolute atomic E-state index is 6.24. The highest BCUT2D eigenvalue weighted by Crippen LogP contribution is 2.31. The first-order valence-electron chi connectivity index (χ1n) is 6.92. The highest BCUT2D eigenvalue weighted by atomic mass is 35.5. The van der Waals surface area contributed by atoms with Crippen LogP contribution in [0.2, 0.25) is 10.0 Å². The van der Waals surface area contributed by atoms with E-state index in [0.717, 1.165) is 33.0 Å². The number of nitrogens with one attached hydrogen (secondary N) is 1. The first-order valence-corrected chi connectivity index (χ1v) is 8.73. The normalized spacial score (nSPS) is 17.8. The second kappa shape index (κ2) is 7.78. The Labute approximate surface area is 130 Å². The van der Waals surface area contributed by atoms with Gasteiger partial charge < -0.3 is 5.32 Å². The van der Waals surface area contributed by atoms with E-state index in [-0.39, 0.29) is 0 Å². The molecule has 1 saturated carbocycles. The van der Waals surface area contributed by atoms with Gasteiger partial charge in [-0.2, -0.15) is 11.8 Å². The zero-order valence-electron chi connectivity index (χ0n) is 11.3. The van der Waals surface area contributed by atoms with Crippen LogP contribution in [-0.2, 0) is 6.42 Å². The van der Waals surface area contributed by atoms with Crippen LogP contribution in [0.15, 0.2) is 18.2 Å². The van der Waals surface area contributed by atoms with Crippen LogP contribution in [0, 0.1) is 0 Å². The van der Waals surface area contributed by atoms with Gasteiger partial charge in [-0.3, -0.25) is 0 Å². The summed E-state index contributed by atoms with van der Waals surface area (Å²) >= 11 is 14.6. The largest absolute Gasteiger partial charge is 0.316 e. The van der Waals surface area contributed by atoms with Crippen molar-refractivity contribution in [2.45, 2.75) is 43.4 Å². The van der Waals surface area contributed by atoms with E-state index in [1.165, 1.54) is 25.7 Å². The molecule has 0 aromatic heterocycles. The van der Waals surface area contributed by atoms with Gasteiger partial charge in [0.25, 0.3) is 0 Å². The number of halogens is 2. The summed E-state index contributed by atoms with van der Waals surface area (Å²) in [5.74, 6) is 1.13. The minimum Gasteiger partial charge on any atom is -0.316 e. The maximum atomic E-state index is 6.24. The zero-order valence-corrected chi connectivity index (χ0v) is 13.6. The van der Waals surface area contributed by atoms with Gasteiger partial charge in [0.05, 0.1) is 0 Å². The van der Waals surface area contributed by atoms with Crippen LogP contribution in [0.4, 0.5) is 0 Å². The summed E-state index contributed by atoms with van der Waals surface area (Å²) in [5, 5.41) is 5.80. The molecule has 1 aromatic rings. The Morgan fingerprint density at radius 2 is 1.89 bits per heavy atom. The Hall–Kier alpha value is 0.110. The van der Waals surface area contributed by atoms with Crippen molar-refractivity contribution in [2.75, 3.05) is 12.8 Å². The molecule has 1 fully saturated rings. The SMILES string of the molecule is CNC(CSC1CCCC1)Cc1c(Cl)cccc1Cl. The molecule has 1 aliphatic rings. The molecule has 106 valence electrons. The summed E-state index contributed by atoms with van der Waals surface area (Å²) in [4.78, 5) is 0. The van der Waals surface area contributed by atoms with Crippen molar-refractivity contribution in [1.29, 1.82) is 0 Å². The lowest BCUT2D eigenvalue weighted by atomic mass is 10.1. The highest BCUT2D eigenvalue weighted by Gasteiger charge is 2.18. The quantitative estimate of drug-likeness (QED) is 0.808. The van der Waals surface area contributed by atoms with Crippen LogP contribution in [-0.4, -0.2) is 24.1 Å². The molecule has 0 heterocycles. The van der Waals surface area contributed by atoms with E-state index in [9.17, 15) is 0 Å². The molecule has 0 bridgehead atoms. The monoisotopic (exact) mass is 317 g/mol. The molecular formula is C15H21Cl2NS. The molecule has 1 nitrogen and oxygen atoms in total. The van der Waals surface area contributed by atoms with Crippen molar-refractivity contribution in [1.82, 2.24) is 5.32 Å². The van der Waals surface area contributed by atoms with E-state index >= 15 is 0 Å². The number of likely N-dealkylation sites (N-methyl/N-ethyl adjacent to an activating group) is 1. The fourth-order valence-electron chi connectivity index (χ4n) is 2.53. The van der Waals surface area contributed by atoms with Crippen molar-refractivity contribution in [3.05, 3.63) is 33.8 Å². The first-order chi connectivity index (χ1) is 9.20. The number of hydrogen-bond acceptors (Lipinski definition) is 2. The van der Waals surface area contributed by atoms with E-state index in [1.54, 1.807) is 0 Å². The van der Waals surface area contributed by atoms with Gasteiger partial charge in [0.15, 0.2) is 0 Å². The Morgan fingerprint density at radius 1 is 1.26 bits per heavy atom. The van der Waals surface area contributed by atoms with Gasteiger partial charge in [-0.05, 0) is 44.0 Å². The zero-order chi connectivity index (χ0) is 13.7. The van der Waals surface area contributed by atoms with Crippen LogP contribution >= 0.6 is 35.0 Å². The summed E-state index contributed by atoms with van der Waals surface area (Å²) in [5.41, 5.74) is 1.07. The lowest BCUT2D eigenvalue weighted by molar-refractivity contribution is 0.616. The van der Waals surface area contributed by atoms with E-state index < -0.39 is 0 Å². The number of thioether (sulfide) groups is 1. The summed E-state index contributed by atoms with van der Waals surface area (Å²) < 4.78 is 0.